The number of pyridine rings is 1. The Labute approximate surface area is 225 Å². The van der Waals surface area contributed by atoms with Gasteiger partial charge in [-0.3, -0.25) is 9.20 Å². The van der Waals surface area contributed by atoms with Crippen LogP contribution in [0, 0.1) is 5.82 Å². The van der Waals surface area contributed by atoms with Crippen molar-refractivity contribution in [1.29, 1.82) is 0 Å². The molecule has 39 heavy (non-hydrogen) atoms. The highest BCUT2D eigenvalue weighted by molar-refractivity contribution is 7.13. The van der Waals surface area contributed by atoms with Gasteiger partial charge in [0.15, 0.2) is 11.5 Å². The lowest BCUT2D eigenvalue weighted by Crippen LogP contribution is -2.12. The minimum Gasteiger partial charge on any atom is -0.305 e. The summed E-state index contributed by atoms with van der Waals surface area (Å²) in [7, 11) is 0. The number of halogens is 1. The van der Waals surface area contributed by atoms with Crippen LogP contribution in [0.5, 0.6) is 0 Å². The molecule has 0 saturated carbocycles. The third-order valence-corrected chi connectivity index (χ3v) is 7.08. The summed E-state index contributed by atoms with van der Waals surface area (Å²) in [5.41, 5.74) is 5.56. The van der Waals surface area contributed by atoms with Crippen LogP contribution in [0.25, 0.3) is 44.5 Å². The molecule has 0 unspecified atom stereocenters. The van der Waals surface area contributed by atoms with Crippen LogP contribution >= 0.6 is 11.3 Å². The number of aromatic nitrogens is 6. The molecule has 0 aliphatic rings. The zero-order valence-electron chi connectivity index (χ0n) is 20.2. The number of hydrogen-bond donors (Lipinski definition) is 1. The highest BCUT2D eigenvalue weighted by atomic mass is 32.1. The van der Waals surface area contributed by atoms with Gasteiger partial charge in [0, 0.05) is 34.5 Å². The predicted octanol–water partition coefficient (Wildman–Crippen LogP) is 6.23. The first-order chi connectivity index (χ1) is 19.1. The van der Waals surface area contributed by atoms with Crippen molar-refractivity contribution in [1.82, 2.24) is 29.0 Å². The number of amides is 1. The van der Waals surface area contributed by atoms with Gasteiger partial charge in [-0.05, 0) is 60.7 Å². The fraction of sp³-hybridized carbons (Fsp3) is 0. The Balaban J connectivity index is 1.24. The molecular weight excluding hydrogens is 513 g/mol. The molecule has 0 aliphatic heterocycles. The molecule has 5 aromatic heterocycles. The Morgan fingerprint density at radius 1 is 0.897 bits per heavy atom. The molecule has 0 fully saturated rings. The molecule has 0 radical (unpaired) electrons. The van der Waals surface area contributed by atoms with Crippen molar-refractivity contribution in [3.8, 4) is 33.2 Å². The smallest absolute Gasteiger partial charge is 0.256 e. The molecule has 0 spiro atoms. The van der Waals surface area contributed by atoms with Gasteiger partial charge in [0.2, 0.25) is 0 Å². The van der Waals surface area contributed by atoms with Gasteiger partial charge < -0.3 is 5.32 Å². The summed E-state index contributed by atoms with van der Waals surface area (Å²) in [6.45, 7) is 0. The van der Waals surface area contributed by atoms with Gasteiger partial charge in [-0.25, -0.2) is 23.9 Å². The maximum Gasteiger partial charge on any atom is 0.256 e. The molecule has 0 aliphatic carbocycles. The Bertz CT molecular complexity index is 1980. The van der Waals surface area contributed by atoms with Gasteiger partial charge in [-0.1, -0.05) is 18.2 Å². The van der Waals surface area contributed by atoms with Gasteiger partial charge in [0.25, 0.3) is 5.91 Å². The summed E-state index contributed by atoms with van der Waals surface area (Å²) in [4.78, 5) is 26.6. The maximum absolute atomic E-state index is 13.6. The minimum absolute atomic E-state index is 0.280. The van der Waals surface area contributed by atoms with Gasteiger partial charge in [0.05, 0.1) is 11.9 Å². The lowest BCUT2D eigenvalue weighted by atomic mass is 10.1. The van der Waals surface area contributed by atoms with E-state index in [1.54, 1.807) is 35.1 Å². The van der Waals surface area contributed by atoms with Crippen LogP contribution in [0.2, 0.25) is 0 Å². The Morgan fingerprint density at radius 3 is 2.64 bits per heavy atom. The fourth-order valence-electron chi connectivity index (χ4n) is 4.47. The number of fused-ring (bicyclic) bond motifs is 2. The molecule has 1 amide bonds. The van der Waals surface area contributed by atoms with Crippen LogP contribution in [0.4, 0.5) is 10.2 Å². The molecule has 0 bridgehead atoms. The first kappa shape index (κ1) is 22.9. The average molecular weight is 532 g/mol. The van der Waals surface area contributed by atoms with Gasteiger partial charge in [-0.15, -0.1) is 11.3 Å². The van der Waals surface area contributed by atoms with E-state index in [2.05, 4.69) is 15.3 Å². The van der Waals surface area contributed by atoms with E-state index in [1.165, 1.54) is 23.5 Å². The Morgan fingerprint density at radius 2 is 1.79 bits per heavy atom. The number of carbonyl (C=O) groups is 1. The van der Waals surface area contributed by atoms with Crippen molar-refractivity contribution in [2.24, 2.45) is 0 Å². The van der Waals surface area contributed by atoms with Crippen LogP contribution in [-0.2, 0) is 0 Å². The zero-order chi connectivity index (χ0) is 26.3. The second-order valence-corrected chi connectivity index (χ2v) is 9.66. The van der Waals surface area contributed by atoms with Crippen LogP contribution in [0.15, 0.2) is 103 Å². The zero-order valence-corrected chi connectivity index (χ0v) is 21.0. The van der Waals surface area contributed by atoms with E-state index in [9.17, 15) is 9.18 Å². The number of nitrogens with zero attached hydrogens (tertiary/aromatic N) is 6. The molecule has 1 N–H and O–H groups in total. The SMILES string of the molecule is O=C(Nc1cn2nc(-c3c(-c4ccc(F)cc4)nc4ccccn34)ccc2n1)c1cccc(-c2nccs2)c1. The van der Waals surface area contributed by atoms with Gasteiger partial charge in [-0.2, -0.15) is 5.10 Å². The first-order valence-corrected chi connectivity index (χ1v) is 12.9. The average Bonchev–Trinajstić information content (AvgIpc) is 3.71. The van der Waals surface area contributed by atoms with Crippen molar-refractivity contribution in [3.05, 3.63) is 114 Å². The van der Waals surface area contributed by atoms with E-state index in [0.29, 0.717) is 28.4 Å². The van der Waals surface area contributed by atoms with Crippen molar-refractivity contribution in [2.45, 2.75) is 0 Å². The summed E-state index contributed by atoms with van der Waals surface area (Å²) in [5, 5.41) is 10.4. The highest BCUT2D eigenvalue weighted by Crippen LogP contribution is 2.32. The fourth-order valence-corrected chi connectivity index (χ4v) is 5.10. The van der Waals surface area contributed by atoms with E-state index < -0.39 is 0 Å². The van der Waals surface area contributed by atoms with E-state index in [0.717, 1.165) is 27.5 Å². The lowest BCUT2D eigenvalue weighted by molar-refractivity contribution is 0.102. The monoisotopic (exact) mass is 531 g/mol. The van der Waals surface area contributed by atoms with E-state index in [1.807, 2.05) is 64.5 Å². The normalized spacial score (nSPS) is 11.3. The van der Waals surface area contributed by atoms with Crippen molar-refractivity contribution < 1.29 is 9.18 Å². The molecule has 10 heteroatoms. The minimum atomic E-state index is -0.313. The third-order valence-electron chi connectivity index (χ3n) is 6.26. The molecular formula is C29H18FN7OS. The third kappa shape index (κ3) is 4.22. The van der Waals surface area contributed by atoms with Gasteiger partial charge >= 0.3 is 0 Å². The van der Waals surface area contributed by atoms with E-state index in [4.69, 9.17) is 10.1 Å². The lowest BCUT2D eigenvalue weighted by Gasteiger charge is -2.05. The first-order valence-electron chi connectivity index (χ1n) is 12.0. The Hall–Kier alpha value is -5.22. The number of rotatable bonds is 5. The second-order valence-electron chi connectivity index (χ2n) is 8.76. The number of carbonyl (C=O) groups excluding carboxylic acids is 1. The predicted molar refractivity (Wildman–Crippen MR) is 148 cm³/mol. The van der Waals surface area contributed by atoms with Gasteiger partial charge in [0.1, 0.15) is 27.9 Å². The largest absolute Gasteiger partial charge is 0.305 e. The number of imidazole rings is 2. The van der Waals surface area contributed by atoms with Crippen molar-refractivity contribution >= 4 is 34.4 Å². The summed E-state index contributed by atoms with van der Waals surface area (Å²) in [5.74, 6) is -0.217. The second kappa shape index (κ2) is 9.26. The number of nitrogens with one attached hydrogen (secondary N) is 1. The summed E-state index contributed by atoms with van der Waals surface area (Å²) < 4.78 is 17.2. The molecule has 8 nitrogen and oxygen atoms in total. The van der Waals surface area contributed by atoms with Crippen molar-refractivity contribution in [3.63, 3.8) is 0 Å². The van der Waals surface area contributed by atoms with Crippen LogP contribution in [0.1, 0.15) is 10.4 Å². The van der Waals surface area contributed by atoms with Crippen LogP contribution in [-0.4, -0.2) is 34.9 Å². The molecule has 0 atom stereocenters. The maximum atomic E-state index is 13.6. The number of benzene rings is 2. The number of anilines is 1. The molecule has 5 heterocycles. The quantitative estimate of drug-likeness (QED) is 0.285. The summed E-state index contributed by atoms with van der Waals surface area (Å²) >= 11 is 1.51. The molecule has 7 aromatic rings. The summed E-state index contributed by atoms with van der Waals surface area (Å²) in [6, 6.07) is 23.0. The molecule has 0 saturated heterocycles. The molecule has 7 rings (SSSR count). The number of thiazole rings is 1. The van der Waals surface area contributed by atoms with Crippen LogP contribution in [0.3, 0.4) is 0 Å². The highest BCUT2D eigenvalue weighted by Gasteiger charge is 2.18. The van der Waals surface area contributed by atoms with Crippen LogP contribution < -0.4 is 5.32 Å². The summed E-state index contributed by atoms with van der Waals surface area (Å²) in [6.07, 6.45) is 5.32. The van der Waals surface area contributed by atoms with E-state index >= 15 is 0 Å². The van der Waals surface area contributed by atoms with Crippen molar-refractivity contribution in [2.75, 3.05) is 5.32 Å². The molecule has 2 aromatic carbocycles. The topological polar surface area (TPSA) is 89.5 Å². The van der Waals surface area contributed by atoms with E-state index in [-0.39, 0.29) is 11.7 Å². The standard InChI is InChI=1S/C29H18FN7OS/c30-21-9-7-18(8-10-21)26-27(36-14-2-1-6-24(36)34-26)22-11-12-25-32-23(17-37(25)35-22)33-28(38)19-4-3-5-20(16-19)29-31-13-15-39-29/h1-17H,(H,33,38). The Kier molecular flexibility index (Phi) is 5.45. The molecule has 188 valence electrons. The number of hydrogen-bond acceptors (Lipinski definition) is 6.